The van der Waals surface area contributed by atoms with Gasteiger partial charge in [-0.25, -0.2) is 8.42 Å². The van der Waals surface area contributed by atoms with Gasteiger partial charge in [-0.05, 0) is 39.1 Å². The summed E-state index contributed by atoms with van der Waals surface area (Å²) >= 11 is 0. The zero-order valence-electron chi connectivity index (χ0n) is 14.1. The molecule has 0 aromatic heterocycles. The molecule has 1 aromatic rings. The first-order valence-corrected chi connectivity index (χ1v) is 9.27. The fourth-order valence-corrected chi connectivity index (χ4v) is 4.38. The predicted molar refractivity (Wildman–Crippen MR) is 89.3 cm³/mol. The molecule has 1 heterocycles. The second-order valence-electron chi connectivity index (χ2n) is 5.94. The van der Waals surface area contributed by atoms with E-state index >= 15 is 0 Å². The summed E-state index contributed by atoms with van der Waals surface area (Å²) in [7, 11) is 1.87. The van der Waals surface area contributed by atoms with Crippen LogP contribution in [0.4, 0.5) is 0 Å². The Hall–Kier alpha value is -1.15. The normalized spacial score (nSPS) is 16.9. The fraction of sp³-hybridized carbons (Fsp3) is 0.625. The van der Waals surface area contributed by atoms with E-state index in [2.05, 4.69) is 0 Å². The van der Waals surface area contributed by atoms with Gasteiger partial charge in [0.2, 0.25) is 10.0 Å². The molecule has 0 amide bonds. The van der Waals surface area contributed by atoms with Gasteiger partial charge in [0.05, 0.1) is 12.0 Å². The lowest BCUT2D eigenvalue weighted by molar-refractivity contribution is 0.0573. The van der Waals surface area contributed by atoms with Gasteiger partial charge in [-0.3, -0.25) is 0 Å². The Kier molecular flexibility index (Phi) is 6.41. The molecule has 0 unspecified atom stereocenters. The Morgan fingerprint density at radius 1 is 1.22 bits per heavy atom. The summed E-state index contributed by atoms with van der Waals surface area (Å²) in [5, 5.41) is 0. The van der Waals surface area contributed by atoms with Crippen molar-refractivity contribution in [2.45, 2.75) is 23.8 Å². The fourth-order valence-electron chi connectivity index (χ4n) is 2.67. The predicted octanol–water partition coefficient (Wildman–Crippen LogP) is 1.43. The summed E-state index contributed by atoms with van der Waals surface area (Å²) < 4.78 is 38.4. The lowest BCUT2D eigenvalue weighted by Gasteiger charge is -2.34. The zero-order valence-corrected chi connectivity index (χ0v) is 14.9. The van der Waals surface area contributed by atoms with E-state index in [1.807, 2.05) is 19.0 Å². The van der Waals surface area contributed by atoms with E-state index in [1.165, 1.54) is 7.11 Å². The van der Waals surface area contributed by atoms with E-state index in [4.69, 9.17) is 9.47 Å². The Labute approximate surface area is 139 Å². The van der Waals surface area contributed by atoms with Crippen LogP contribution < -0.4 is 4.74 Å². The van der Waals surface area contributed by atoms with E-state index in [9.17, 15) is 8.42 Å². The monoisotopic (exact) mass is 342 g/mol. The van der Waals surface area contributed by atoms with Crippen LogP contribution in [0.5, 0.6) is 5.75 Å². The van der Waals surface area contributed by atoms with E-state index in [1.54, 1.807) is 28.6 Å². The molecular formula is C16H26N2O4S. The van der Waals surface area contributed by atoms with Crippen LogP contribution in [0.25, 0.3) is 0 Å². The Morgan fingerprint density at radius 2 is 1.91 bits per heavy atom. The first-order valence-electron chi connectivity index (χ1n) is 7.83. The van der Waals surface area contributed by atoms with Crippen molar-refractivity contribution in [3.63, 3.8) is 0 Å². The molecule has 23 heavy (non-hydrogen) atoms. The van der Waals surface area contributed by atoms with Crippen molar-refractivity contribution in [1.82, 2.24) is 9.21 Å². The minimum atomic E-state index is -3.56. The van der Waals surface area contributed by atoms with Gasteiger partial charge >= 0.3 is 0 Å². The molecule has 2 rings (SSSR count). The molecule has 1 aliphatic rings. The highest BCUT2D eigenvalue weighted by molar-refractivity contribution is 7.89. The van der Waals surface area contributed by atoms with Crippen LogP contribution in [0, 0.1) is 0 Å². The van der Waals surface area contributed by atoms with Crippen molar-refractivity contribution < 1.29 is 17.9 Å². The lowest BCUT2D eigenvalue weighted by Crippen LogP contribution is -2.46. The molecule has 1 saturated heterocycles. The number of hydrogen-bond acceptors (Lipinski definition) is 5. The third-order valence-corrected chi connectivity index (χ3v) is 5.96. The molecule has 0 atom stereocenters. The minimum absolute atomic E-state index is 0.0140. The topological polar surface area (TPSA) is 59.1 Å². The molecule has 0 spiro atoms. The maximum Gasteiger partial charge on any atom is 0.243 e. The molecule has 130 valence electrons. The van der Waals surface area contributed by atoms with Crippen LogP contribution in [0.3, 0.4) is 0 Å². The average molecular weight is 342 g/mol. The first kappa shape index (κ1) is 18.2. The van der Waals surface area contributed by atoms with Gasteiger partial charge < -0.3 is 14.4 Å². The maximum atomic E-state index is 13.1. The Bertz CT molecular complexity index is 598. The molecule has 0 radical (unpaired) electrons. The Morgan fingerprint density at radius 3 is 2.52 bits per heavy atom. The van der Waals surface area contributed by atoms with Crippen LogP contribution in [0.15, 0.2) is 29.2 Å². The second kappa shape index (κ2) is 8.10. The summed E-state index contributed by atoms with van der Waals surface area (Å²) in [6.45, 7) is 2.37. The molecule has 0 aliphatic carbocycles. The molecule has 0 N–H and O–H groups in total. The highest BCUT2D eigenvalue weighted by Crippen LogP contribution is 2.25. The van der Waals surface area contributed by atoms with Crippen molar-refractivity contribution in [2.24, 2.45) is 0 Å². The molecular weight excluding hydrogens is 316 g/mol. The standard InChI is InChI=1S/C16H26N2O4S/c1-17(2)9-10-18(14-7-11-22-12-8-14)23(19,20)16-6-4-5-15(13-16)21-3/h4-6,13-14H,7-12H2,1-3H3. The van der Waals surface area contributed by atoms with Crippen molar-refractivity contribution in [2.75, 3.05) is 47.5 Å². The van der Waals surface area contributed by atoms with Gasteiger partial charge in [-0.2, -0.15) is 4.31 Å². The number of methoxy groups -OCH3 is 1. The minimum Gasteiger partial charge on any atom is -0.497 e. The number of rotatable bonds is 7. The lowest BCUT2D eigenvalue weighted by atomic mass is 10.1. The van der Waals surface area contributed by atoms with Gasteiger partial charge in [-0.15, -0.1) is 0 Å². The van der Waals surface area contributed by atoms with E-state index < -0.39 is 10.0 Å². The third kappa shape index (κ3) is 4.67. The first-order chi connectivity index (χ1) is 10.9. The van der Waals surface area contributed by atoms with Crippen LogP contribution in [-0.2, 0) is 14.8 Å². The molecule has 1 aromatic carbocycles. The average Bonchev–Trinajstić information content (AvgIpc) is 2.55. The highest BCUT2D eigenvalue weighted by Gasteiger charge is 2.32. The molecule has 1 fully saturated rings. The SMILES string of the molecule is COc1cccc(S(=O)(=O)N(CCN(C)C)C2CCOCC2)c1. The summed E-state index contributed by atoms with van der Waals surface area (Å²) in [6, 6.07) is 6.65. The number of nitrogens with zero attached hydrogens (tertiary/aromatic N) is 2. The molecule has 1 aliphatic heterocycles. The van der Waals surface area contributed by atoms with Gasteiger partial charge in [0.25, 0.3) is 0 Å². The number of benzene rings is 1. The van der Waals surface area contributed by atoms with Crippen LogP contribution in [-0.4, -0.2) is 71.2 Å². The quantitative estimate of drug-likeness (QED) is 0.750. The number of likely N-dealkylation sites (N-methyl/N-ethyl adjacent to an activating group) is 1. The largest absolute Gasteiger partial charge is 0.497 e. The zero-order chi connectivity index (χ0) is 16.9. The van der Waals surface area contributed by atoms with E-state index in [0.717, 1.165) is 12.8 Å². The highest BCUT2D eigenvalue weighted by atomic mass is 32.2. The number of hydrogen-bond donors (Lipinski definition) is 0. The van der Waals surface area contributed by atoms with E-state index in [0.29, 0.717) is 32.1 Å². The smallest absolute Gasteiger partial charge is 0.243 e. The summed E-state index contributed by atoms with van der Waals surface area (Å²) in [4.78, 5) is 2.27. The van der Waals surface area contributed by atoms with Crippen molar-refractivity contribution in [3.8, 4) is 5.75 Å². The van der Waals surface area contributed by atoms with Gasteiger partial charge in [0.15, 0.2) is 0 Å². The molecule has 7 heteroatoms. The maximum absolute atomic E-state index is 13.1. The number of sulfonamides is 1. The Balaban J connectivity index is 2.30. The van der Waals surface area contributed by atoms with Gasteiger partial charge in [-0.1, -0.05) is 6.07 Å². The summed E-state index contributed by atoms with van der Waals surface area (Å²) in [5.41, 5.74) is 0. The van der Waals surface area contributed by atoms with Crippen molar-refractivity contribution in [3.05, 3.63) is 24.3 Å². The molecule has 0 saturated carbocycles. The van der Waals surface area contributed by atoms with Crippen LogP contribution >= 0.6 is 0 Å². The van der Waals surface area contributed by atoms with Gasteiger partial charge in [0.1, 0.15) is 5.75 Å². The third-order valence-electron chi connectivity index (χ3n) is 4.01. The van der Waals surface area contributed by atoms with Crippen LogP contribution in [0.2, 0.25) is 0 Å². The van der Waals surface area contributed by atoms with Crippen molar-refractivity contribution in [1.29, 1.82) is 0 Å². The molecule has 6 nitrogen and oxygen atoms in total. The second-order valence-corrected chi connectivity index (χ2v) is 7.83. The number of ether oxygens (including phenoxy) is 2. The van der Waals surface area contributed by atoms with Gasteiger partial charge in [0, 0.05) is 38.4 Å². The van der Waals surface area contributed by atoms with Crippen LogP contribution in [0.1, 0.15) is 12.8 Å². The summed E-state index contributed by atoms with van der Waals surface area (Å²) in [5.74, 6) is 0.547. The van der Waals surface area contributed by atoms with E-state index in [-0.39, 0.29) is 10.9 Å². The summed E-state index contributed by atoms with van der Waals surface area (Å²) in [6.07, 6.45) is 1.47. The van der Waals surface area contributed by atoms with Crippen molar-refractivity contribution >= 4 is 10.0 Å². The molecule has 0 bridgehead atoms.